The van der Waals surface area contributed by atoms with Crippen LogP contribution in [0.4, 0.5) is 0 Å². The van der Waals surface area contributed by atoms with Gasteiger partial charge in [-0.05, 0) is 19.9 Å². The lowest BCUT2D eigenvalue weighted by Gasteiger charge is -2.24. The van der Waals surface area contributed by atoms with E-state index in [1.165, 1.54) is 21.3 Å². The summed E-state index contributed by atoms with van der Waals surface area (Å²) in [5, 5.41) is 0. The summed E-state index contributed by atoms with van der Waals surface area (Å²) in [5.74, 6) is 0. The second-order valence-electron chi connectivity index (χ2n) is 4.13. The van der Waals surface area contributed by atoms with Crippen LogP contribution in [-0.4, -0.2) is 8.97 Å². The molecule has 4 nitrogen and oxygen atoms in total. The Morgan fingerprint density at radius 2 is 1.94 bits per heavy atom. The molecule has 0 aromatic carbocycles. The van der Waals surface area contributed by atoms with E-state index in [4.69, 9.17) is 0 Å². The molecule has 2 aromatic rings. The van der Waals surface area contributed by atoms with Crippen LogP contribution in [0.2, 0.25) is 0 Å². The zero-order valence-corrected chi connectivity index (χ0v) is 11.2. The first kappa shape index (κ1) is 12.3. The highest BCUT2D eigenvalue weighted by Crippen LogP contribution is 2.31. The molecule has 2 rings (SSSR count). The van der Waals surface area contributed by atoms with Crippen molar-refractivity contribution < 1.29 is 0 Å². The maximum absolute atomic E-state index is 12.2. The van der Waals surface area contributed by atoms with Crippen molar-refractivity contribution in [2.24, 2.45) is 0 Å². The summed E-state index contributed by atoms with van der Waals surface area (Å²) in [7, 11) is 1.28. The zero-order valence-electron chi connectivity index (χ0n) is 9.45. The van der Waals surface area contributed by atoms with Crippen LogP contribution in [0, 0.1) is 0 Å². The number of fused-ring (bicyclic) bond motifs is 1. The number of aromatic nitrogens is 2. The third-order valence-electron chi connectivity index (χ3n) is 2.60. The molecule has 0 unspecified atom stereocenters. The van der Waals surface area contributed by atoms with Crippen molar-refractivity contribution in [1.29, 1.82) is 0 Å². The number of pyridine rings is 1. The first-order valence-corrected chi connectivity index (χ1v) is 6.90. The van der Waals surface area contributed by atoms with Crippen LogP contribution in [0.5, 0.6) is 0 Å². The van der Waals surface area contributed by atoms with E-state index in [1.807, 2.05) is 13.8 Å². The number of hydrogen-bond acceptors (Lipinski definition) is 4. The van der Waals surface area contributed by atoms with Gasteiger partial charge in [0.1, 0.15) is 5.52 Å². The highest BCUT2D eigenvalue weighted by molar-refractivity contribution is 8.68. The van der Waals surface area contributed by atoms with Crippen LogP contribution in [0.15, 0.2) is 40.2 Å². The quantitative estimate of drug-likeness (QED) is 0.666. The van der Waals surface area contributed by atoms with Gasteiger partial charge in [0.2, 0.25) is 0 Å². The topological polar surface area (TPSA) is 43.5 Å². The Morgan fingerprint density at radius 1 is 1.24 bits per heavy atom. The van der Waals surface area contributed by atoms with Crippen LogP contribution in [0.3, 0.4) is 0 Å². The van der Waals surface area contributed by atoms with Gasteiger partial charge >= 0.3 is 0 Å². The Morgan fingerprint density at radius 3 is 2.59 bits per heavy atom. The van der Waals surface area contributed by atoms with Crippen molar-refractivity contribution in [2.75, 3.05) is 0 Å². The molecule has 0 saturated carbocycles. The fraction of sp³-hybridized carbons (Fsp3) is 0.273. The van der Waals surface area contributed by atoms with Crippen molar-refractivity contribution in [3.8, 4) is 0 Å². The van der Waals surface area contributed by atoms with Crippen molar-refractivity contribution in [2.45, 2.75) is 18.7 Å². The average Bonchev–Trinajstić information content (AvgIpc) is 2.30. The Bertz CT molecular complexity index is 673. The van der Waals surface area contributed by atoms with Crippen molar-refractivity contribution in [3.63, 3.8) is 0 Å². The van der Waals surface area contributed by atoms with E-state index in [2.05, 4.69) is 11.7 Å². The number of thiol groups is 1. The van der Waals surface area contributed by atoms with Crippen LogP contribution < -0.4 is 11.1 Å². The molecule has 2 heterocycles. The van der Waals surface area contributed by atoms with E-state index in [-0.39, 0.29) is 11.1 Å². The Balaban J connectivity index is 2.85. The van der Waals surface area contributed by atoms with Gasteiger partial charge in [-0.25, -0.2) is 0 Å². The molecule has 0 radical (unpaired) electrons. The van der Waals surface area contributed by atoms with Gasteiger partial charge in [-0.1, -0.05) is 16.9 Å². The maximum Gasteiger partial charge on any atom is 0.276 e. The summed E-state index contributed by atoms with van der Waals surface area (Å²) in [4.78, 5) is 23.3. The van der Waals surface area contributed by atoms with E-state index in [0.29, 0.717) is 5.52 Å². The molecule has 0 spiro atoms. The third-order valence-corrected chi connectivity index (χ3v) is 4.58. The lowest BCUT2D eigenvalue weighted by Crippen LogP contribution is -2.35. The molecular weight excluding hydrogens is 256 g/mol. The summed E-state index contributed by atoms with van der Waals surface area (Å²) in [6.07, 6.45) is 3.21. The Labute approximate surface area is 107 Å². The van der Waals surface area contributed by atoms with Gasteiger partial charge in [-0.15, -0.1) is 11.7 Å². The Kier molecular flexibility index (Phi) is 3.09. The predicted molar refractivity (Wildman–Crippen MR) is 73.8 cm³/mol. The zero-order chi connectivity index (χ0) is 12.6. The van der Waals surface area contributed by atoms with Gasteiger partial charge < -0.3 is 0 Å². The van der Waals surface area contributed by atoms with Crippen LogP contribution in [0.25, 0.3) is 5.52 Å². The van der Waals surface area contributed by atoms with Crippen LogP contribution in [0.1, 0.15) is 13.8 Å². The summed E-state index contributed by atoms with van der Waals surface area (Å²) < 4.78 is 2.91. The van der Waals surface area contributed by atoms with Gasteiger partial charge in [0.15, 0.2) is 0 Å². The van der Waals surface area contributed by atoms with Crippen molar-refractivity contribution in [1.82, 2.24) is 8.97 Å². The minimum absolute atomic E-state index is 0.197. The van der Waals surface area contributed by atoms with E-state index < -0.39 is 4.87 Å². The summed E-state index contributed by atoms with van der Waals surface area (Å²) in [6, 6.07) is 4.65. The maximum atomic E-state index is 12.2. The second kappa shape index (κ2) is 4.27. The molecule has 0 bridgehead atoms. The summed E-state index contributed by atoms with van der Waals surface area (Å²) in [5.41, 5.74) is -0.0321. The second-order valence-corrected chi connectivity index (χ2v) is 5.86. The molecule has 0 atom stereocenters. The molecule has 0 aliphatic heterocycles. The first-order chi connectivity index (χ1) is 7.97. The van der Waals surface area contributed by atoms with Gasteiger partial charge in [-0.2, -0.15) is 0 Å². The van der Waals surface area contributed by atoms with E-state index in [0.717, 1.165) is 0 Å². The fourth-order valence-electron chi connectivity index (χ4n) is 1.62. The minimum atomic E-state index is -0.464. The van der Waals surface area contributed by atoms with Crippen molar-refractivity contribution in [3.05, 3.63) is 51.3 Å². The molecule has 17 heavy (non-hydrogen) atoms. The fourth-order valence-corrected chi connectivity index (χ4v) is 2.12. The van der Waals surface area contributed by atoms with E-state index in [9.17, 15) is 9.59 Å². The molecule has 2 aromatic heterocycles. The minimum Gasteiger partial charge on any atom is -0.297 e. The monoisotopic (exact) mass is 268 g/mol. The number of nitrogens with zero attached hydrogens (tertiary/aromatic N) is 2. The summed E-state index contributed by atoms with van der Waals surface area (Å²) in [6.45, 7) is 3.78. The van der Waals surface area contributed by atoms with Gasteiger partial charge in [0.05, 0.1) is 4.87 Å². The standard InChI is InChI=1S/C11H12N2O2S2/c1-11(2,17-16)13-7-6-12-8(10(13)15)4-3-5-9(12)14/h3-7,16H,1-2H3. The predicted octanol–water partition coefficient (Wildman–Crippen LogP) is 1.73. The molecular formula is C11H12N2O2S2. The smallest absolute Gasteiger partial charge is 0.276 e. The Hall–Kier alpha value is -1.14. The largest absolute Gasteiger partial charge is 0.297 e. The van der Waals surface area contributed by atoms with Crippen molar-refractivity contribution >= 4 is 28.0 Å². The molecule has 0 saturated heterocycles. The molecule has 0 aliphatic rings. The SMILES string of the molecule is CC(C)(SS)n1ccn2c(=O)cccc2c1=O. The average molecular weight is 268 g/mol. The van der Waals surface area contributed by atoms with E-state index >= 15 is 0 Å². The molecule has 0 amide bonds. The van der Waals surface area contributed by atoms with E-state index in [1.54, 1.807) is 29.1 Å². The van der Waals surface area contributed by atoms with Crippen LogP contribution in [-0.2, 0) is 4.87 Å². The molecule has 6 heteroatoms. The molecule has 0 N–H and O–H groups in total. The lowest BCUT2D eigenvalue weighted by atomic mass is 10.3. The lowest BCUT2D eigenvalue weighted by molar-refractivity contribution is 0.520. The summed E-state index contributed by atoms with van der Waals surface area (Å²) >= 11 is 4.16. The normalized spacial score (nSPS) is 11.9. The number of hydrogen-bond donors (Lipinski definition) is 1. The first-order valence-electron chi connectivity index (χ1n) is 5.03. The third kappa shape index (κ3) is 2.02. The molecule has 0 fully saturated rings. The van der Waals surface area contributed by atoms with Crippen LogP contribution >= 0.6 is 22.5 Å². The number of rotatable bonds is 2. The highest BCUT2D eigenvalue weighted by Gasteiger charge is 2.21. The van der Waals surface area contributed by atoms with Gasteiger partial charge in [-0.3, -0.25) is 18.6 Å². The van der Waals surface area contributed by atoms with Gasteiger partial charge in [0.25, 0.3) is 11.1 Å². The highest BCUT2D eigenvalue weighted by atomic mass is 33.1. The molecule has 0 aliphatic carbocycles. The van der Waals surface area contributed by atoms with Gasteiger partial charge in [0, 0.05) is 18.5 Å². The molecule has 90 valence electrons.